The highest BCUT2D eigenvalue weighted by atomic mass is 31.2. The van der Waals surface area contributed by atoms with Gasteiger partial charge in [0.2, 0.25) is 5.89 Å². The maximum absolute atomic E-state index is 15.6. The molecule has 1 aromatic heterocycles. The summed E-state index contributed by atoms with van der Waals surface area (Å²) in [6, 6.07) is 65.4. The molecule has 1 heterocycles. The lowest BCUT2D eigenvalue weighted by Crippen LogP contribution is -2.25. The molecule has 55 heavy (non-hydrogen) atoms. The highest BCUT2D eigenvalue weighted by molar-refractivity contribution is 7.85. The van der Waals surface area contributed by atoms with E-state index in [0.29, 0.717) is 27.6 Å². The van der Waals surface area contributed by atoms with Gasteiger partial charge in [-0.3, -0.25) is 0 Å². The SMILES string of the molecule is O=P(c1ccccc1)(c1ccccc1)c1ccc2c3ccc(P(=O)(c4ccccc4)c4ccccc4)cc3c3oc(-c4cccc5ccccc45)nc3c2c1. The summed E-state index contributed by atoms with van der Waals surface area (Å²) in [6.45, 7) is 0. The lowest BCUT2D eigenvalue weighted by Gasteiger charge is -2.21. The van der Waals surface area contributed by atoms with Crippen molar-refractivity contribution < 1.29 is 13.5 Å². The Labute approximate surface area is 318 Å². The van der Waals surface area contributed by atoms with E-state index in [-0.39, 0.29) is 0 Å². The average Bonchev–Trinajstić information content (AvgIpc) is 3.73. The van der Waals surface area contributed by atoms with Crippen LogP contribution in [0.15, 0.2) is 205 Å². The Balaban J connectivity index is 1.29. The molecule has 0 spiro atoms. The van der Waals surface area contributed by atoms with Gasteiger partial charge in [-0.2, -0.15) is 0 Å². The first-order valence-electron chi connectivity index (χ1n) is 18.3. The smallest absolute Gasteiger partial charge is 0.227 e. The second kappa shape index (κ2) is 13.2. The molecule has 0 aliphatic carbocycles. The molecule has 262 valence electrons. The number of hydrogen-bond acceptors (Lipinski definition) is 4. The van der Waals surface area contributed by atoms with E-state index in [4.69, 9.17) is 9.40 Å². The van der Waals surface area contributed by atoms with E-state index in [1.165, 1.54) is 0 Å². The monoisotopic (exact) mass is 745 g/mol. The fraction of sp³-hybridized carbons (Fsp3) is 0. The van der Waals surface area contributed by atoms with E-state index in [1.807, 2.05) is 170 Å². The van der Waals surface area contributed by atoms with Crippen molar-refractivity contribution >= 4 is 89.5 Å². The van der Waals surface area contributed by atoms with Crippen LogP contribution in [-0.4, -0.2) is 4.98 Å². The number of nitrogens with zero attached hydrogens (tertiary/aromatic N) is 1. The lowest BCUT2D eigenvalue weighted by molar-refractivity contribution is 0.591. The van der Waals surface area contributed by atoms with Crippen LogP contribution < -0.4 is 31.8 Å². The van der Waals surface area contributed by atoms with Crippen LogP contribution in [-0.2, 0) is 9.13 Å². The Morgan fingerprint density at radius 2 is 0.800 bits per heavy atom. The predicted molar refractivity (Wildman–Crippen MR) is 231 cm³/mol. The summed E-state index contributed by atoms with van der Waals surface area (Å²) in [7, 11) is -6.60. The van der Waals surface area contributed by atoms with Gasteiger partial charge < -0.3 is 13.5 Å². The van der Waals surface area contributed by atoms with E-state index >= 15 is 9.13 Å². The largest absolute Gasteiger partial charge is 0.435 e. The number of oxazole rings is 1. The maximum atomic E-state index is 15.6. The minimum atomic E-state index is -3.30. The summed E-state index contributed by atoms with van der Waals surface area (Å²) in [6.07, 6.45) is 0. The summed E-state index contributed by atoms with van der Waals surface area (Å²) in [5.74, 6) is 0.486. The molecule has 0 bridgehead atoms. The Hall–Kier alpha value is -6.31. The molecule has 9 aromatic carbocycles. The lowest BCUT2D eigenvalue weighted by atomic mass is 10.0. The normalized spacial score (nSPS) is 12.1. The number of hydrogen-bond donors (Lipinski definition) is 0. The third-order valence-electron chi connectivity index (χ3n) is 10.6. The van der Waals surface area contributed by atoms with Crippen LogP contribution in [0.1, 0.15) is 0 Å². The van der Waals surface area contributed by atoms with E-state index in [0.717, 1.165) is 59.1 Å². The zero-order valence-corrected chi connectivity index (χ0v) is 31.4. The van der Waals surface area contributed by atoms with Gasteiger partial charge >= 0.3 is 0 Å². The van der Waals surface area contributed by atoms with Crippen LogP contribution >= 0.6 is 14.3 Å². The molecule has 0 saturated heterocycles. The van der Waals surface area contributed by atoms with E-state index in [2.05, 4.69) is 30.3 Å². The Morgan fingerprint density at radius 1 is 0.364 bits per heavy atom. The molecule has 0 aliphatic heterocycles. The molecular weight excluding hydrogens is 712 g/mol. The minimum Gasteiger partial charge on any atom is -0.435 e. The summed E-state index contributed by atoms with van der Waals surface area (Å²) >= 11 is 0. The zero-order valence-electron chi connectivity index (χ0n) is 29.6. The molecule has 0 atom stereocenters. The zero-order chi connectivity index (χ0) is 37.0. The molecule has 4 nitrogen and oxygen atoms in total. The van der Waals surface area contributed by atoms with Crippen molar-refractivity contribution in [3.63, 3.8) is 0 Å². The number of fused-ring (bicyclic) bond motifs is 7. The molecule has 0 fully saturated rings. The molecule has 6 heteroatoms. The number of aromatic nitrogens is 1. The van der Waals surface area contributed by atoms with Crippen LogP contribution in [0.4, 0.5) is 0 Å². The third kappa shape index (κ3) is 5.33. The minimum absolute atomic E-state index is 0.486. The van der Waals surface area contributed by atoms with Crippen molar-refractivity contribution in [3.8, 4) is 11.5 Å². The van der Waals surface area contributed by atoms with Crippen molar-refractivity contribution in [3.05, 3.63) is 200 Å². The van der Waals surface area contributed by atoms with Gasteiger partial charge in [0.15, 0.2) is 19.9 Å². The van der Waals surface area contributed by atoms with Gasteiger partial charge in [-0.05, 0) is 39.7 Å². The maximum Gasteiger partial charge on any atom is 0.227 e. The molecule has 10 aromatic rings. The second-order valence-corrected chi connectivity index (χ2v) is 19.3. The van der Waals surface area contributed by atoms with Gasteiger partial charge in [-0.15, -0.1) is 0 Å². The number of benzene rings is 9. The quantitative estimate of drug-likeness (QED) is 0.120. The van der Waals surface area contributed by atoms with E-state index in [9.17, 15) is 0 Å². The summed E-state index contributed by atoms with van der Waals surface area (Å²) in [4.78, 5) is 5.26. The molecule has 0 amide bonds. The van der Waals surface area contributed by atoms with Crippen LogP contribution in [0, 0.1) is 0 Å². The van der Waals surface area contributed by atoms with Crippen molar-refractivity contribution in [1.29, 1.82) is 0 Å². The molecule has 0 aliphatic rings. The first-order chi connectivity index (χ1) is 27.0. The van der Waals surface area contributed by atoms with Gasteiger partial charge in [0.1, 0.15) is 5.52 Å². The van der Waals surface area contributed by atoms with Crippen molar-refractivity contribution in [1.82, 2.24) is 4.98 Å². The van der Waals surface area contributed by atoms with Crippen molar-refractivity contribution in [2.45, 2.75) is 0 Å². The molecular formula is C49H33NO3P2. The van der Waals surface area contributed by atoms with Gasteiger partial charge in [0.05, 0.1) is 0 Å². The van der Waals surface area contributed by atoms with Crippen molar-refractivity contribution in [2.24, 2.45) is 0 Å². The summed E-state index contributed by atoms with van der Waals surface area (Å²) in [5, 5.41) is 10.1. The standard InChI is InChI=1S/C49H33NO3P2/c51-54(35-18-5-1-6-19-35,36-20-7-2-8-21-36)39-28-30-42-43-31-29-40(55(52,37-22-9-3-10-23-37)38-24-11-4-12-25-38)33-46(43)48-47(45(42)32-39)50-49(53-48)44-27-15-17-34-16-13-14-26-41(34)44/h1-33H. The Bertz CT molecular complexity index is 2880. The van der Waals surface area contributed by atoms with E-state index in [1.54, 1.807) is 0 Å². The molecule has 0 radical (unpaired) electrons. The number of rotatable bonds is 7. The highest BCUT2D eigenvalue weighted by Gasteiger charge is 2.32. The second-order valence-electron chi connectivity index (χ2n) is 13.7. The molecule has 0 saturated carbocycles. The Morgan fingerprint density at radius 3 is 1.33 bits per heavy atom. The van der Waals surface area contributed by atoms with Gasteiger partial charge in [0.25, 0.3) is 0 Å². The van der Waals surface area contributed by atoms with Crippen LogP contribution in [0.25, 0.3) is 54.9 Å². The topological polar surface area (TPSA) is 60.2 Å². The van der Waals surface area contributed by atoms with Gasteiger partial charge in [-0.25, -0.2) is 4.98 Å². The molecule has 10 rings (SSSR count). The third-order valence-corrected chi connectivity index (χ3v) is 16.8. The van der Waals surface area contributed by atoms with Gasteiger partial charge in [-0.1, -0.05) is 182 Å². The van der Waals surface area contributed by atoms with E-state index < -0.39 is 14.3 Å². The summed E-state index contributed by atoms with van der Waals surface area (Å²) in [5.41, 5.74) is 2.12. The fourth-order valence-electron chi connectivity index (χ4n) is 7.97. The van der Waals surface area contributed by atoms with Crippen LogP contribution in [0.2, 0.25) is 0 Å². The Kier molecular flexibility index (Phi) is 8.00. The van der Waals surface area contributed by atoms with Crippen LogP contribution in [0.3, 0.4) is 0 Å². The fourth-order valence-corrected chi connectivity index (χ4v) is 13.3. The summed E-state index contributed by atoms with van der Waals surface area (Å²) < 4.78 is 38.1. The highest BCUT2D eigenvalue weighted by Crippen LogP contribution is 2.47. The molecule has 0 N–H and O–H groups in total. The van der Waals surface area contributed by atoms with Crippen LogP contribution in [0.5, 0.6) is 0 Å². The molecule has 0 unspecified atom stereocenters. The first-order valence-corrected chi connectivity index (χ1v) is 21.7. The van der Waals surface area contributed by atoms with Gasteiger partial charge in [0, 0.05) is 48.2 Å². The average molecular weight is 746 g/mol. The van der Waals surface area contributed by atoms with Crippen molar-refractivity contribution in [2.75, 3.05) is 0 Å². The first kappa shape index (κ1) is 33.3. The predicted octanol–water partition coefficient (Wildman–Crippen LogP) is 10.2.